The Labute approximate surface area is 123 Å². The molecule has 1 aliphatic heterocycles. The lowest BCUT2D eigenvalue weighted by molar-refractivity contribution is -0.384. The van der Waals surface area contributed by atoms with Gasteiger partial charge in [0.1, 0.15) is 11.5 Å². The molecule has 0 unspecified atom stereocenters. The van der Waals surface area contributed by atoms with Crippen LogP contribution in [0.25, 0.3) is 0 Å². The van der Waals surface area contributed by atoms with Crippen molar-refractivity contribution in [1.29, 1.82) is 0 Å². The van der Waals surface area contributed by atoms with E-state index in [4.69, 9.17) is 0 Å². The maximum absolute atomic E-state index is 13.4. The molecule has 1 saturated heterocycles. The van der Waals surface area contributed by atoms with E-state index in [-0.39, 0.29) is 28.3 Å². The fourth-order valence-electron chi connectivity index (χ4n) is 2.08. The molecule has 1 fully saturated rings. The number of nitrogens with one attached hydrogen (secondary N) is 1. The van der Waals surface area contributed by atoms with Crippen molar-refractivity contribution >= 4 is 33.2 Å². The highest BCUT2D eigenvalue weighted by molar-refractivity contribution is 9.10. The van der Waals surface area contributed by atoms with Crippen LogP contribution in [-0.4, -0.2) is 35.4 Å². The van der Waals surface area contributed by atoms with Crippen LogP contribution in [0.5, 0.6) is 0 Å². The molecule has 0 saturated carbocycles. The Kier molecular flexibility index (Phi) is 4.53. The van der Waals surface area contributed by atoms with Crippen LogP contribution >= 0.6 is 15.9 Å². The van der Waals surface area contributed by atoms with Crippen molar-refractivity contribution in [2.75, 3.05) is 25.0 Å². The Balaban J connectivity index is 2.10. The Morgan fingerprint density at radius 3 is 2.70 bits per heavy atom. The van der Waals surface area contributed by atoms with E-state index in [1.54, 1.807) is 4.90 Å². The molecule has 0 spiro atoms. The molecule has 2 rings (SSSR count). The Hall–Kier alpha value is -1.70. The van der Waals surface area contributed by atoms with Crippen LogP contribution in [-0.2, 0) is 4.79 Å². The predicted octanol–water partition coefficient (Wildman–Crippen LogP) is 2.53. The molecule has 1 heterocycles. The normalized spacial score (nSPS) is 14.4. The molecule has 0 radical (unpaired) electrons. The van der Waals surface area contributed by atoms with Gasteiger partial charge in [0.2, 0.25) is 5.91 Å². The van der Waals surface area contributed by atoms with Gasteiger partial charge in [-0.15, -0.1) is 0 Å². The van der Waals surface area contributed by atoms with E-state index < -0.39 is 10.7 Å². The fourth-order valence-corrected chi connectivity index (χ4v) is 2.41. The smallest absolute Gasteiger partial charge is 0.293 e. The molecule has 0 aliphatic carbocycles. The van der Waals surface area contributed by atoms with Crippen molar-refractivity contribution in [3.8, 4) is 0 Å². The first-order chi connectivity index (χ1) is 9.49. The molecule has 0 atom stereocenters. The minimum atomic E-state index is -0.619. The number of rotatable bonds is 4. The van der Waals surface area contributed by atoms with Crippen molar-refractivity contribution in [3.63, 3.8) is 0 Å². The average molecular weight is 346 g/mol. The quantitative estimate of drug-likeness (QED) is 0.672. The number of nitro groups is 1. The van der Waals surface area contributed by atoms with E-state index in [0.717, 1.165) is 25.0 Å². The van der Waals surface area contributed by atoms with E-state index in [1.807, 2.05) is 0 Å². The summed E-state index contributed by atoms with van der Waals surface area (Å²) in [5, 5.41) is 13.6. The number of carbonyl (C=O) groups is 1. The van der Waals surface area contributed by atoms with E-state index in [0.29, 0.717) is 13.1 Å². The molecule has 0 aromatic heterocycles. The van der Waals surface area contributed by atoms with Crippen molar-refractivity contribution in [2.45, 2.75) is 12.8 Å². The summed E-state index contributed by atoms with van der Waals surface area (Å²) in [5.74, 6) is -0.758. The lowest BCUT2D eigenvalue weighted by Gasteiger charge is -2.16. The molecule has 0 bridgehead atoms. The SMILES string of the molecule is O=C(CNc1cc(F)c(Br)cc1[N+](=O)[O-])N1CCCC1. The lowest BCUT2D eigenvalue weighted by atomic mass is 10.2. The maximum atomic E-state index is 13.4. The zero-order chi connectivity index (χ0) is 14.7. The molecular formula is C12H13BrFN3O3. The van der Waals surface area contributed by atoms with E-state index in [1.165, 1.54) is 0 Å². The minimum absolute atomic E-state index is 0.00301. The summed E-state index contributed by atoms with van der Waals surface area (Å²) in [6, 6.07) is 2.09. The van der Waals surface area contributed by atoms with Gasteiger partial charge in [-0.2, -0.15) is 0 Å². The van der Waals surface area contributed by atoms with Gasteiger partial charge in [-0.25, -0.2) is 4.39 Å². The first-order valence-corrected chi connectivity index (χ1v) is 6.93. The number of halogens is 2. The second kappa shape index (κ2) is 6.17. The molecule has 1 aromatic carbocycles. The van der Waals surface area contributed by atoms with Crippen molar-refractivity contribution < 1.29 is 14.1 Å². The minimum Gasteiger partial charge on any atom is -0.370 e. The standard InChI is InChI=1S/C12H13BrFN3O3/c13-8-5-11(17(19)20)10(6-9(8)14)15-7-12(18)16-3-1-2-4-16/h5-6,15H,1-4,7H2. The van der Waals surface area contributed by atoms with Crippen molar-refractivity contribution in [2.24, 2.45) is 0 Å². The summed E-state index contributed by atoms with van der Waals surface area (Å²) in [5.41, 5.74) is -0.268. The zero-order valence-corrected chi connectivity index (χ0v) is 12.2. The van der Waals surface area contributed by atoms with E-state index >= 15 is 0 Å². The highest BCUT2D eigenvalue weighted by Crippen LogP contribution is 2.30. The predicted molar refractivity (Wildman–Crippen MR) is 75.1 cm³/mol. The third-order valence-corrected chi connectivity index (χ3v) is 3.73. The Bertz CT molecular complexity index is 547. The lowest BCUT2D eigenvalue weighted by Crippen LogP contribution is -2.33. The number of nitrogens with zero attached hydrogens (tertiary/aromatic N) is 2. The van der Waals surface area contributed by atoms with Crippen LogP contribution in [0, 0.1) is 15.9 Å². The van der Waals surface area contributed by atoms with Gasteiger partial charge in [-0.1, -0.05) is 0 Å². The number of anilines is 1. The molecule has 20 heavy (non-hydrogen) atoms. The summed E-state index contributed by atoms with van der Waals surface area (Å²) < 4.78 is 13.5. The molecule has 1 amide bonds. The van der Waals surface area contributed by atoms with Crippen molar-refractivity contribution in [1.82, 2.24) is 4.90 Å². The maximum Gasteiger partial charge on any atom is 0.293 e. The number of hydrogen-bond donors (Lipinski definition) is 1. The largest absolute Gasteiger partial charge is 0.370 e. The summed E-state index contributed by atoms with van der Waals surface area (Å²) in [6.45, 7) is 1.33. The number of likely N-dealkylation sites (tertiary alicyclic amines) is 1. The first kappa shape index (κ1) is 14.7. The fraction of sp³-hybridized carbons (Fsp3) is 0.417. The van der Waals surface area contributed by atoms with Crippen LogP contribution in [0.4, 0.5) is 15.8 Å². The average Bonchev–Trinajstić information content (AvgIpc) is 2.93. The molecule has 6 nitrogen and oxygen atoms in total. The van der Waals surface area contributed by atoms with Crippen LogP contribution in [0.15, 0.2) is 16.6 Å². The Morgan fingerprint density at radius 1 is 1.45 bits per heavy atom. The number of benzene rings is 1. The zero-order valence-electron chi connectivity index (χ0n) is 10.6. The summed E-state index contributed by atoms with van der Waals surface area (Å²) in [4.78, 5) is 23.8. The molecule has 1 N–H and O–H groups in total. The summed E-state index contributed by atoms with van der Waals surface area (Å²) in [6.07, 6.45) is 1.94. The second-order valence-electron chi connectivity index (χ2n) is 4.48. The van der Waals surface area contributed by atoms with Gasteiger partial charge in [0, 0.05) is 25.2 Å². The number of amides is 1. The van der Waals surface area contributed by atoms with Gasteiger partial charge in [0.15, 0.2) is 0 Å². The van der Waals surface area contributed by atoms with Gasteiger partial charge >= 0.3 is 0 Å². The van der Waals surface area contributed by atoms with Crippen LogP contribution in [0.2, 0.25) is 0 Å². The van der Waals surface area contributed by atoms with Crippen molar-refractivity contribution in [3.05, 3.63) is 32.5 Å². The Morgan fingerprint density at radius 2 is 2.10 bits per heavy atom. The van der Waals surface area contributed by atoms with Gasteiger partial charge < -0.3 is 10.2 Å². The van der Waals surface area contributed by atoms with E-state index in [2.05, 4.69) is 21.2 Å². The van der Waals surface area contributed by atoms with E-state index in [9.17, 15) is 19.3 Å². The molecule has 1 aliphatic rings. The summed E-state index contributed by atoms with van der Waals surface area (Å²) in [7, 11) is 0. The van der Waals surface area contributed by atoms with Gasteiger partial charge in [0.25, 0.3) is 5.69 Å². The molecular weight excluding hydrogens is 333 g/mol. The first-order valence-electron chi connectivity index (χ1n) is 6.14. The topological polar surface area (TPSA) is 75.5 Å². The number of carbonyl (C=O) groups excluding carboxylic acids is 1. The number of hydrogen-bond acceptors (Lipinski definition) is 4. The highest BCUT2D eigenvalue weighted by atomic mass is 79.9. The highest BCUT2D eigenvalue weighted by Gasteiger charge is 2.21. The van der Waals surface area contributed by atoms with Crippen LogP contribution in [0.3, 0.4) is 0 Å². The monoisotopic (exact) mass is 345 g/mol. The third-order valence-electron chi connectivity index (χ3n) is 3.12. The third kappa shape index (κ3) is 3.24. The van der Waals surface area contributed by atoms with Crippen LogP contribution < -0.4 is 5.32 Å². The van der Waals surface area contributed by atoms with Gasteiger partial charge in [-0.05, 0) is 28.8 Å². The summed E-state index contributed by atoms with van der Waals surface area (Å²) >= 11 is 2.90. The van der Waals surface area contributed by atoms with Gasteiger partial charge in [-0.3, -0.25) is 14.9 Å². The second-order valence-corrected chi connectivity index (χ2v) is 5.34. The molecule has 1 aromatic rings. The van der Waals surface area contributed by atoms with Gasteiger partial charge in [0.05, 0.1) is 15.9 Å². The number of nitro benzene ring substituents is 1. The molecule has 108 valence electrons. The molecule has 8 heteroatoms. The van der Waals surface area contributed by atoms with Crippen LogP contribution in [0.1, 0.15) is 12.8 Å².